The van der Waals surface area contributed by atoms with E-state index in [2.05, 4.69) is 16.8 Å². The smallest absolute Gasteiger partial charge is 0.309 e. The summed E-state index contributed by atoms with van der Waals surface area (Å²) >= 11 is 1.45. The lowest BCUT2D eigenvalue weighted by Gasteiger charge is -2.36. The normalized spacial score (nSPS) is 20.5. The number of carbonyl (C=O) groups excluding carboxylic acids is 1. The highest BCUT2D eigenvalue weighted by Gasteiger charge is 2.32. The van der Waals surface area contributed by atoms with Crippen LogP contribution in [0.4, 0.5) is 9.52 Å². The number of piperidine rings is 1. The van der Waals surface area contributed by atoms with Gasteiger partial charge in [-0.2, -0.15) is 0 Å². The maximum atomic E-state index is 13.4. The predicted octanol–water partition coefficient (Wildman–Crippen LogP) is 3.82. The van der Waals surface area contributed by atoms with Crippen molar-refractivity contribution in [2.45, 2.75) is 32.7 Å². The van der Waals surface area contributed by atoms with Crippen molar-refractivity contribution in [2.75, 3.05) is 18.1 Å². The maximum Gasteiger partial charge on any atom is 0.309 e. The number of hydrogen-bond acceptors (Lipinski definition) is 6. The van der Waals surface area contributed by atoms with Gasteiger partial charge in [-0.3, -0.25) is 4.79 Å². The van der Waals surface area contributed by atoms with Crippen molar-refractivity contribution in [1.82, 2.24) is 4.98 Å². The number of phenols is 1. The molecule has 2 atom stereocenters. The van der Waals surface area contributed by atoms with E-state index in [-0.39, 0.29) is 23.7 Å². The topological polar surface area (TPSA) is 62.7 Å². The van der Waals surface area contributed by atoms with Crippen molar-refractivity contribution < 1.29 is 19.0 Å². The first kappa shape index (κ1) is 17.7. The van der Waals surface area contributed by atoms with Crippen LogP contribution in [0.25, 0.3) is 11.3 Å². The highest BCUT2D eigenvalue weighted by Crippen LogP contribution is 2.36. The second-order valence-electron chi connectivity index (χ2n) is 6.19. The van der Waals surface area contributed by atoms with Gasteiger partial charge in [0.05, 0.1) is 18.2 Å². The van der Waals surface area contributed by atoms with Crippen molar-refractivity contribution in [3.63, 3.8) is 0 Å². The molecule has 0 radical (unpaired) electrons. The lowest BCUT2D eigenvalue weighted by atomic mass is 9.92. The molecule has 0 amide bonds. The first-order valence-corrected chi connectivity index (χ1v) is 9.25. The molecular formula is C18H21FN2O3S. The molecule has 1 N–H and O–H groups in total. The van der Waals surface area contributed by atoms with Crippen LogP contribution >= 0.6 is 11.3 Å². The summed E-state index contributed by atoms with van der Waals surface area (Å²) in [5.74, 6) is -0.602. The van der Waals surface area contributed by atoms with Crippen molar-refractivity contribution >= 4 is 22.4 Å². The highest BCUT2D eigenvalue weighted by molar-refractivity contribution is 7.14. The zero-order valence-corrected chi connectivity index (χ0v) is 15.1. The molecule has 2 unspecified atom stereocenters. The Morgan fingerprint density at radius 1 is 1.52 bits per heavy atom. The summed E-state index contributed by atoms with van der Waals surface area (Å²) in [6.07, 6.45) is 1.45. The van der Waals surface area contributed by atoms with Gasteiger partial charge in [-0.15, -0.1) is 11.3 Å². The van der Waals surface area contributed by atoms with E-state index >= 15 is 0 Å². The Bertz CT molecular complexity index is 765. The predicted molar refractivity (Wildman–Crippen MR) is 95.3 cm³/mol. The quantitative estimate of drug-likeness (QED) is 0.836. The number of hydrogen-bond donors (Lipinski definition) is 1. The third-order valence-electron chi connectivity index (χ3n) is 4.47. The largest absolute Gasteiger partial charge is 0.507 e. The summed E-state index contributed by atoms with van der Waals surface area (Å²) in [6.45, 7) is 4.99. The number of halogens is 1. The molecule has 1 aliphatic rings. The van der Waals surface area contributed by atoms with E-state index in [0.717, 1.165) is 18.0 Å². The zero-order chi connectivity index (χ0) is 18.0. The van der Waals surface area contributed by atoms with E-state index in [4.69, 9.17) is 4.74 Å². The number of esters is 1. The Morgan fingerprint density at radius 2 is 2.32 bits per heavy atom. The Balaban J connectivity index is 1.75. The summed E-state index contributed by atoms with van der Waals surface area (Å²) < 4.78 is 18.6. The molecule has 3 rings (SSSR count). The Labute approximate surface area is 150 Å². The molecule has 1 aromatic heterocycles. The van der Waals surface area contributed by atoms with Crippen LogP contribution in [0.15, 0.2) is 23.6 Å². The minimum atomic E-state index is -0.411. The lowest BCUT2D eigenvalue weighted by molar-refractivity contribution is -0.149. The summed E-state index contributed by atoms with van der Waals surface area (Å²) in [5.41, 5.74) is 0.938. The molecule has 7 heteroatoms. The number of ether oxygens (including phenoxy) is 1. The molecule has 1 fully saturated rings. The first-order chi connectivity index (χ1) is 12.0. The number of nitrogens with zero attached hydrogens (tertiary/aromatic N) is 2. The average Bonchev–Trinajstić information content (AvgIpc) is 3.06. The molecule has 0 spiro atoms. The molecular weight excluding hydrogens is 343 g/mol. The number of aromatic nitrogens is 1. The van der Waals surface area contributed by atoms with Crippen molar-refractivity contribution in [2.24, 2.45) is 5.92 Å². The molecule has 134 valence electrons. The number of phenolic OH excluding ortho intramolecular Hbond substituents is 1. The summed E-state index contributed by atoms with van der Waals surface area (Å²) in [5, 5.41) is 12.6. The van der Waals surface area contributed by atoms with Gasteiger partial charge in [0.25, 0.3) is 0 Å². The van der Waals surface area contributed by atoms with Gasteiger partial charge in [0.1, 0.15) is 11.6 Å². The SMILES string of the molecule is CCOC(=O)C1CCN(c2nc(-c3cc(F)ccc3O)cs2)C(C)C1. The van der Waals surface area contributed by atoms with Gasteiger partial charge in [-0.25, -0.2) is 9.37 Å². The second-order valence-corrected chi connectivity index (χ2v) is 7.03. The summed E-state index contributed by atoms with van der Waals surface area (Å²) in [4.78, 5) is 18.6. The van der Waals surface area contributed by atoms with Crippen LogP contribution < -0.4 is 4.90 Å². The van der Waals surface area contributed by atoms with Crippen LogP contribution in [0.1, 0.15) is 26.7 Å². The fraction of sp³-hybridized carbons (Fsp3) is 0.444. The van der Waals surface area contributed by atoms with E-state index in [1.165, 1.54) is 29.5 Å². The summed E-state index contributed by atoms with van der Waals surface area (Å²) in [7, 11) is 0. The van der Waals surface area contributed by atoms with Gasteiger partial charge in [0.15, 0.2) is 5.13 Å². The van der Waals surface area contributed by atoms with Gasteiger partial charge in [-0.05, 0) is 44.9 Å². The van der Waals surface area contributed by atoms with Gasteiger partial charge in [0, 0.05) is 23.5 Å². The fourth-order valence-electron chi connectivity index (χ4n) is 3.16. The van der Waals surface area contributed by atoms with Gasteiger partial charge in [0.2, 0.25) is 0 Å². The number of aromatic hydroxyl groups is 1. The monoisotopic (exact) mass is 364 g/mol. The molecule has 1 aromatic carbocycles. The van der Waals surface area contributed by atoms with E-state index in [1.807, 2.05) is 12.3 Å². The molecule has 2 heterocycles. The van der Waals surface area contributed by atoms with Gasteiger partial charge < -0.3 is 14.7 Å². The van der Waals surface area contributed by atoms with E-state index in [1.54, 1.807) is 0 Å². The van der Waals surface area contributed by atoms with E-state index in [9.17, 15) is 14.3 Å². The van der Waals surface area contributed by atoms with E-state index < -0.39 is 5.82 Å². The third kappa shape index (κ3) is 3.76. The van der Waals surface area contributed by atoms with Crippen LogP contribution in [0.3, 0.4) is 0 Å². The van der Waals surface area contributed by atoms with E-state index in [0.29, 0.717) is 24.4 Å². The number of rotatable bonds is 4. The molecule has 0 bridgehead atoms. The maximum absolute atomic E-state index is 13.4. The van der Waals surface area contributed by atoms with Crippen LogP contribution in [0, 0.1) is 11.7 Å². The van der Waals surface area contributed by atoms with Crippen LogP contribution in [-0.2, 0) is 9.53 Å². The fourth-order valence-corrected chi connectivity index (χ4v) is 4.12. The molecule has 0 aliphatic carbocycles. The standard InChI is InChI=1S/C18H21FN2O3S/c1-3-24-17(23)12-6-7-21(11(2)8-12)18-20-15(10-25-18)14-9-13(19)4-5-16(14)22/h4-5,9-12,22H,3,6-8H2,1-2H3. The number of anilines is 1. The van der Waals surface area contributed by atoms with Crippen LogP contribution in [0.2, 0.25) is 0 Å². The minimum absolute atomic E-state index is 0.00678. The highest BCUT2D eigenvalue weighted by atomic mass is 32.1. The number of carbonyl (C=O) groups is 1. The van der Waals surface area contributed by atoms with Gasteiger partial charge in [-0.1, -0.05) is 0 Å². The van der Waals surface area contributed by atoms with Crippen LogP contribution in [-0.4, -0.2) is 35.3 Å². The second kappa shape index (κ2) is 7.39. The molecule has 2 aromatic rings. The molecule has 5 nitrogen and oxygen atoms in total. The number of thiazole rings is 1. The van der Waals surface area contributed by atoms with Crippen molar-refractivity contribution in [3.8, 4) is 17.0 Å². The summed E-state index contributed by atoms with van der Waals surface area (Å²) in [6, 6.07) is 3.99. The molecule has 1 aliphatic heterocycles. The Hall–Kier alpha value is -2.15. The molecule has 25 heavy (non-hydrogen) atoms. The lowest BCUT2D eigenvalue weighted by Crippen LogP contribution is -2.43. The van der Waals surface area contributed by atoms with Crippen LogP contribution in [0.5, 0.6) is 5.75 Å². The van der Waals surface area contributed by atoms with Crippen molar-refractivity contribution in [1.29, 1.82) is 0 Å². The first-order valence-electron chi connectivity index (χ1n) is 8.37. The Morgan fingerprint density at radius 3 is 3.04 bits per heavy atom. The minimum Gasteiger partial charge on any atom is -0.507 e. The number of benzene rings is 1. The zero-order valence-electron chi connectivity index (χ0n) is 14.2. The average molecular weight is 364 g/mol. The van der Waals surface area contributed by atoms with Gasteiger partial charge >= 0.3 is 5.97 Å². The third-order valence-corrected chi connectivity index (χ3v) is 5.35. The molecule has 1 saturated heterocycles. The Kier molecular flexibility index (Phi) is 5.22. The molecule has 0 saturated carbocycles. The van der Waals surface area contributed by atoms with Crippen molar-refractivity contribution in [3.05, 3.63) is 29.4 Å².